The molecule has 0 radical (unpaired) electrons. The fraction of sp³-hybridized carbons (Fsp3) is 0.917. The Bertz CT molecular complexity index is 193. The summed E-state index contributed by atoms with van der Waals surface area (Å²) in [6, 6.07) is 0.454. The number of nitrogens with two attached hydrogens (primary N) is 1. The second-order valence-electron chi connectivity index (χ2n) is 4.41. The van der Waals surface area contributed by atoms with Crippen LogP contribution in [0.4, 0.5) is 0 Å². The molecule has 0 aromatic carbocycles. The Morgan fingerprint density at radius 1 is 1.25 bits per heavy atom. The normalized spacial score (nSPS) is 17.3. The molecule has 1 rings (SSSR count). The topological polar surface area (TPSA) is 55.1 Å². The van der Waals surface area contributed by atoms with Gasteiger partial charge in [0, 0.05) is 18.2 Å². The smallest absolute Gasteiger partial charge is 0.221 e. The lowest BCUT2D eigenvalue weighted by molar-refractivity contribution is -0.121. The maximum Gasteiger partial charge on any atom is 0.221 e. The summed E-state index contributed by atoms with van der Waals surface area (Å²) in [7, 11) is 0. The van der Waals surface area contributed by atoms with Gasteiger partial charge in [-0.25, -0.2) is 0 Å². The van der Waals surface area contributed by atoms with Gasteiger partial charge >= 0.3 is 0 Å². The van der Waals surface area contributed by atoms with E-state index in [2.05, 4.69) is 5.32 Å². The van der Waals surface area contributed by atoms with Crippen LogP contribution in [0.25, 0.3) is 0 Å². The maximum absolute atomic E-state index is 11.6. The summed E-state index contributed by atoms with van der Waals surface area (Å²) in [6.07, 6.45) is 7.94. The average Bonchev–Trinajstić information content (AvgIpc) is 2.30. The third-order valence-corrected chi connectivity index (χ3v) is 4.01. The summed E-state index contributed by atoms with van der Waals surface area (Å²) in [5.74, 6) is 2.23. The van der Waals surface area contributed by atoms with E-state index >= 15 is 0 Å². The van der Waals surface area contributed by atoms with Crippen molar-refractivity contribution in [2.24, 2.45) is 5.73 Å². The van der Waals surface area contributed by atoms with Gasteiger partial charge in [0.15, 0.2) is 0 Å². The van der Waals surface area contributed by atoms with Gasteiger partial charge in [-0.05, 0) is 31.6 Å². The number of hydrogen-bond acceptors (Lipinski definition) is 3. The molecule has 0 unspecified atom stereocenters. The van der Waals surface area contributed by atoms with Crippen LogP contribution in [-0.4, -0.2) is 30.0 Å². The zero-order chi connectivity index (χ0) is 11.6. The van der Waals surface area contributed by atoms with E-state index in [9.17, 15) is 4.79 Å². The highest BCUT2D eigenvalue weighted by molar-refractivity contribution is 7.99. The van der Waals surface area contributed by atoms with Crippen molar-refractivity contribution >= 4 is 17.7 Å². The average molecular weight is 244 g/mol. The van der Waals surface area contributed by atoms with Crippen LogP contribution in [0.2, 0.25) is 0 Å². The van der Waals surface area contributed by atoms with Crippen LogP contribution in [0.1, 0.15) is 44.9 Å². The molecule has 1 saturated carbocycles. The van der Waals surface area contributed by atoms with Gasteiger partial charge in [0.1, 0.15) is 0 Å². The van der Waals surface area contributed by atoms with Crippen LogP contribution in [0, 0.1) is 0 Å². The minimum Gasteiger partial charge on any atom is -0.353 e. The summed E-state index contributed by atoms with van der Waals surface area (Å²) in [4.78, 5) is 11.6. The van der Waals surface area contributed by atoms with Gasteiger partial charge in [0.25, 0.3) is 0 Å². The first-order valence-corrected chi connectivity index (χ1v) is 7.55. The van der Waals surface area contributed by atoms with Crippen LogP contribution in [0.15, 0.2) is 0 Å². The number of hydrogen-bond donors (Lipinski definition) is 2. The molecular weight excluding hydrogens is 220 g/mol. The largest absolute Gasteiger partial charge is 0.353 e. The molecule has 0 bridgehead atoms. The number of nitrogens with one attached hydrogen (secondary N) is 1. The van der Waals surface area contributed by atoms with Gasteiger partial charge in [-0.3, -0.25) is 4.79 Å². The maximum atomic E-state index is 11.6. The zero-order valence-electron chi connectivity index (χ0n) is 10.0. The standard InChI is InChI=1S/C12H24N2OS/c13-8-4-9-16-10-7-12(15)14-11-5-2-1-3-6-11/h11H,1-10,13H2,(H,14,15). The van der Waals surface area contributed by atoms with Crippen LogP contribution in [0.3, 0.4) is 0 Å². The molecule has 1 amide bonds. The van der Waals surface area contributed by atoms with E-state index in [4.69, 9.17) is 5.73 Å². The second-order valence-corrected chi connectivity index (χ2v) is 5.63. The Morgan fingerprint density at radius 3 is 2.69 bits per heavy atom. The van der Waals surface area contributed by atoms with Gasteiger partial charge < -0.3 is 11.1 Å². The quantitative estimate of drug-likeness (QED) is 0.673. The lowest BCUT2D eigenvalue weighted by atomic mass is 9.95. The van der Waals surface area contributed by atoms with Crippen LogP contribution in [0.5, 0.6) is 0 Å². The zero-order valence-corrected chi connectivity index (χ0v) is 10.9. The number of rotatable bonds is 7. The molecule has 1 aliphatic rings. The van der Waals surface area contributed by atoms with Crippen molar-refractivity contribution in [1.29, 1.82) is 0 Å². The van der Waals surface area contributed by atoms with E-state index in [1.165, 1.54) is 32.1 Å². The highest BCUT2D eigenvalue weighted by atomic mass is 32.2. The first-order valence-electron chi connectivity index (χ1n) is 6.40. The summed E-state index contributed by atoms with van der Waals surface area (Å²) >= 11 is 1.83. The molecule has 0 aromatic rings. The van der Waals surface area contributed by atoms with Gasteiger partial charge in [-0.15, -0.1) is 0 Å². The highest BCUT2D eigenvalue weighted by Crippen LogP contribution is 2.17. The van der Waals surface area contributed by atoms with E-state index in [0.29, 0.717) is 12.5 Å². The number of carbonyl (C=O) groups excluding carboxylic acids is 1. The highest BCUT2D eigenvalue weighted by Gasteiger charge is 2.14. The Labute approximate surface area is 103 Å². The second kappa shape index (κ2) is 8.88. The Morgan fingerprint density at radius 2 is 2.00 bits per heavy atom. The van der Waals surface area contributed by atoms with Gasteiger partial charge in [0.05, 0.1) is 0 Å². The Hall–Kier alpha value is -0.220. The van der Waals surface area contributed by atoms with Crippen molar-refractivity contribution in [3.05, 3.63) is 0 Å². The van der Waals surface area contributed by atoms with Gasteiger partial charge in [-0.1, -0.05) is 19.3 Å². The molecule has 0 heterocycles. The van der Waals surface area contributed by atoms with E-state index in [1.807, 2.05) is 11.8 Å². The molecule has 0 spiro atoms. The Balaban J connectivity index is 1.97. The van der Waals surface area contributed by atoms with Crippen molar-refractivity contribution in [2.45, 2.75) is 51.0 Å². The van der Waals surface area contributed by atoms with E-state index in [-0.39, 0.29) is 5.91 Å². The predicted molar refractivity (Wildman–Crippen MR) is 70.6 cm³/mol. The fourth-order valence-electron chi connectivity index (χ4n) is 2.00. The van der Waals surface area contributed by atoms with E-state index in [1.54, 1.807) is 0 Å². The number of amides is 1. The molecule has 0 atom stereocenters. The fourth-order valence-corrected chi connectivity index (χ4v) is 2.90. The predicted octanol–water partition coefficient (Wildman–Crippen LogP) is 1.91. The molecule has 0 saturated heterocycles. The van der Waals surface area contributed by atoms with Crippen molar-refractivity contribution < 1.29 is 4.79 Å². The van der Waals surface area contributed by atoms with Crippen LogP contribution < -0.4 is 11.1 Å². The Kier molecular flexibility index (Phi) is 7.68. The number of thioether (sulfide) groups is 1. The summed E-state index contributed by atoms with van der Waals surface area (Å²) in [5.41, 5.74) is 5.40. The lowest BCUT2D eigenvalue weighted by Crippen LogP contribution is -2.36. The van der Waals surface area contributed by atoms with Crippen molar-refractivity contribution in [3.8, 4) is 0 Å². The first kappa shape index (κ1) is 13.8. The molecular formula is C12H24N2OS. The third-order valence-electron chi connectivity index (χ3n) is 2.94. The molecule has 3 nitrogen and oxygen atoms in total. The molecule has 0 aromatic heterocycles. The lowest BCUT2D eigenvalue weighted by Gasteiger charge is -2.22. The summed E-state index contributed by atoms with van der Waals surface area (Å²) in [6.45, 7) is 0.751. The van der Waals surface area contributed by atoms with Crippen LogP contribution in [-0.2, 0) is 4.79 Å². The molecule has 0 aliphatic heterocycles. The van der Waals surface area contributed by atoms with E-state index in [0.717, 1.165) is 24.5 Å². The minimum atomic E-state index is 0.229. The number of carbonyl (C=O) groups is 1. The van der Waals surface area contributed by atoms with Crippen molar-refractivity contribution in [2.75, 3.05) is 18.1 Å². The molecule has 16 heavy (non-hydrogen) atoms. The molecule has 4 heteroatoms. The molecule has 1 fully saturated rings. The minimum absolute atomic E-state index is 0.229. The van der Waals surface area contributed by atoms with Crippen molar-refractivity contribution in [3.63, 3.8) is 0 Å². The SMILES string of the molecule is NCCCSCCC(=O)NC1CCCCC1. The van der Waals surface area contributed by atoms with E-state index < -0.39 is 0 Å². The molecule has 3 N–H and O–H groups in total. The van der Waals surface area contributed by atoms with Gasteiger partial charge in [-0.2, -0.15) is 11.8 Å². The van der Waals surface area contributed by atoms with Crippen molar-refractivity contribution in [1.82, 2.24) is 5.32 Å². The first-order chi connectivity index (χ1) is 7.83. The third kappa shape index (κ3) is 6.38. The summed E-state index contributed by atoms with van der Waals surface area (Å²) in [5, 5.41) is 3.13. The summed E-state index contributed by atoms with van der Waals surface area (Å²) < 4.78 is 0. The monoisotopic (exact) mass is 244 g/mol. The van der Waals surface area contributed by atoms with Gasteiger partial charge in [0.2, 0.25) is 5.91 Å². The van der Waals surface area contributed by atoms with Crippen LogP contribution >= 0.6 is 11.8 Å². The molecule has 94 valence electrons. The molecule has 1 aliphatic carbocycles.